The zero-order valence-corrected chi connectivity index (χ0v) is 9.84. The van der Waals surface area contributed by atoms with Crippen LogP contribution in [0.15, 0.2) is 18.3 Å². The summed E-state index contributed by atoms with van der Waals surface area (Å²) < 4.78 is 0. The van der Waals surface area contributed by atoms with E-state index in [4.69, 9.17) is 5.73 Å². The average Bonchev–Trinajstić information content (AvgIpc) is 2.27. The van der Waals surface area contributed by atoms with Crippen molar-refractivity contribution in [1.29, 1.82) is 0 Å². The molecule has 0 bridgehead atoms. The van der Waals surface area contributed by atoms with E-state index in [1.54, 1.807) is 18.3 Å². The third-order valence-corrected chi connectivity index (χ3v) is 3.16. The quantitative estimate of drug-likeness (QED) is 0.791. The summed E-state index contributed by atoms with van der Waals surface area (Å²) in [5.74, 6) is 0.618. The lowest BCUT2D eigenvalue weighted by Crippen LogP contribution is -2.38. The Bertz CT molecular complexity index is 416. The number of hydrogen-bond donors (Lipinski definition) is 2. The second kappa shape index (κ2) is 4.71. The highest BCUT2D eigenvalue weighted by Gasteiger charge is 2.28. The number of pyridine rings is 1. The molecule has 1 saturated carbocycles. The van der Waals surface area contributed by atoms with Crippen molar-refractivity contribution in [2.75, 3.05) is 18.5 Å². The molecule has 1 amide bonds. The highest BCUT2D eigenvalue weighted by atomic mass is 16.3. The molecule has 1 aromatic rings. The van der Waals surface area contributed by atoms with Crippen molar-refractivity contribution in [2.45, 2.75) is 18.9 Å². The second-order valence-electron chi connectivity index (χ2n) is 4.61. The Hall–Kier alpha value is -1.62. The van der Waals surface area contributed by atoms with Crippen LogP contribution in [0.4, 0.5) is 5.82 Å². The van der Waals surface area contributed by atoms with Crippen molar-refractivity contribution in [3.05, 3.63) is 23.9 Å². The molecule has 92 valence electrons. The van der Waals surface area contributed by atoms with Gasteiger partial charge in [0.2, 0.25) is 0 Å². The van der Waals surface area contributed by atoms with E-state index in [-0.39, 0.29) is 6.10 Å². The number of aliphatic hydroxyl groups excluding tert-OH is 1. The molecule has 0 radical (unpaired) electrons. The molecule has 0 aliphatic heterocycles. The van der Waals surface area contributed by atoms with Crippen LogP contribution in [0.5, 0.6) is 0 Å². The van der Waals surface area contributed by atoms with E-state index in [2.05, 4.69) is 4.98 Å². The molecule has 0 spiro atoms. The van der Waals surface area contributed by atoms with Gasteiger partial charge in [-0.05, 0) is 30.9 Å². The minimum absolute atomic E-state index is 0.159. The molecule has 5 heteroatoms. The lowest BCUT2D eigenvalue weighted by Gasteiger charge is -2.35. The molecular weight excluding hydrogens is 218 g/mol. The first-order valence-electron chi connectivity index (χ1n) is 5.72. The van der Waals surface area contributed by atoms with Gasteiger partial charge in [0.25, 0.3) is 5.91 Å². The van der Waals surface area contributed by atoms with Gasteiger partial charge in [0, 0.05) is 19.8 Å². The van der Waals surface area contributed by atoms with Crippen LogP contribution in [0.1, 0.15) is 23.2 Å². The van der Waals surface area contributed by atoms with E-state index in [0.717, 1.165) is 19.4 Å². The fourth-order valence-electron chi connectivity index (χ4n) is 2.22. The largest absolute Gasteiger partial charge is 0.393 e. The SMILES string of the molecule is CN(CC1CC(O)C1)c1ncccc1C(N)=O. The molecular formula is C12H17N3O2. The first kappa shape index (κ1) is 11.9. The van der Waals surface area contributed by atoms with Crippen molar-refractivity contribution >= 4 is 11.7 Å². The second-order valence-corrected chi connectivity index (χ2v) is 4.61. The average molecular weight is 235 g/mol. The van der Waals surface area contributed by atoms with Gasteiger partial charge in [-0.3, -0.25) is 4.79 Å². The fourth-order valence-corrected chi connectivity index (χ4v) is 2.22. The third kappa shape index (κ3) is 2.55. The molecule has 1 heterocycles. The predicted molar refractivity (Wildman–Crippen MR) is 64.8 cm³/mol. The van der Waals surface area contributed by atoms with Crippen LogP contribution >= 0.6 is 0 Å². The summed E-state index contributed by atoms with van der Waals surface area (Å²) in [6.45, 7) is 0.786. The van der Waals surface area contributed by atoms with E-state index in [0.29, 0.717) is 17.3 Å². The summed E-state index contributed by atoms with van der Waals surface area (Å²) in [4.78, 5) is 17.4. The fraction of sp³-hybridized carbons (Fsp3) is 0.500. The van der Waals surface area contributed by atoms with Gasteiger partial charge in [0.15, 0.2) is 0 Å². The Balaban J connectivity index is 2.08. The van der Waals surface area contributed by atoms with Gasteiger partial charge in [-0.2, -0.15) is 0 Å². The summed E-state index contributed by atoms with van der Waals surface area (Å²) in [5.41, 5.74) is 5.75. The first-order valence-corrected chi connectivity index (χ1v) is 5.72. The molecule has 3 N–H and O–H groups in total. The number of rotatable bonds is 4. The molecule has 0 aromatic carbocycles. The Morgan fingerprint density at radius 3 is 2.94 bits per heavy atom. The van der Waals surface area contributed by atoms with E-state index in [9.17, 15) is 9.90 Å². The standard InChI is InChI=1S/C12H17N3O2/c1-15(7-8-5-9(16)6-8)12-10(11(13)17)3-2-4-14-12/h2-4,8-9,16H,5-7H2,1H3,(H2,13,17). The lowest BCUT2D eigenvalue weighted by molar-refractivity contribution is 0.0464. The van der Waals surface area contributed by atoms with E-state index in [1.807, 2.05) is 11.9 Å². The van der Waals surface area contributed by atoms with Crippen LogP contribution in [0.2, 0.25) is 0 Å². The Kier molecular flexibility index (Phi) is 3.28. The molecule has 1 aliphatic carbocycles. The van der Waals surface area contributed by atoms with Crippen LogP contribution in [-0.4, -0.2) is 35.7 Å². The maximum Gasteiger partial charge on any atom is 0.252 e. The number of carbonyl (C=O) groups is 1. The predicted octanol–water partition coefficient (Wildman–Crippen LogP) is 0.388. The maximum absolute atomic E-state index is 11.3. The number of nitrogens with two attached hydrogens (primary N) is 1. The summed E-state index contributed by atoms with van der Waals surface area (Å²) in [7, 11) is 1.89. The van der Waals surface area contributed by atoms with Crippen LogP contribution in [0, 0.1) is 5.92 Å². The lowest BCUT2D eigenvalue weighted by atomic mass is 9.82. The van der Waals surface area contributed by atoms with E-state index < -0.39 is 5.91 Å². The molecule has 5 nitrogen and oxygen atoms in total. The smallest absolute Gasteiger partial charge is 0.252 e. The highest BCUT2D eigenvalue weighted by molar-refractivity contribution is 5.97. The van der Waals surface area contributed by atoms with Crippen molar-refractivity contribution < 1.29 is 9.90 Å². The van der Waals surface area contributed by atoms with Gasteiger partial charge in [-0.25, -0.2) is 4.98 Å². The number of hydrogen-bond acceptors (Lipinski definition) is 4. The van der Waals surface area contributed by atoms with Crippen LogP contribution in [0.25, 0.3) is 0 Å². The monoisotopic (exact) mass is 235 g/mol. The number of primary amides is 1. The number of aromatic nitrogens is 1. The van der Waals surface area contributed by atoms with Crippen molar-refractivity contribution in [3.8, 4) is 0 Å². The van der Waals surface area contributed by atoms with E-state index in [1.165, 1.54) is 0 Å². The third-order valence-electron chi connectivity index (χ3n) is 3.16. The Morgan fingerprint density at radius 1 is 1.65 bits per heavy atom. The van der Waals surface area contributed by atoms with Gasteiger partial charge in [0.05, 0.1) is 11.7 Å². The molecule has 0 saturated heterocycles. The maximum atomic E-state index is 11.3. The molecule has 1 aliphatic rings. The minimum atomic E-state index is -0.464. The van der Waals surface area contributed by atoms with Gasteiger partial charge < -0.3 is 15.7 Å². The summed E-state index contributed by atoms with van der Waals surface area (Å²) >= 11 is 0. The molecule has 1 fully saturated rings. The number of carbonyl (C=O) groups excluding carboxylic acids is 1. The van der Waals surface area contributed by atoms with Gasteiger partial charge in [0.1, 0.15) is 5.82 Å². The Labute approximate surface area is 100 Å². The summed E-state index contributed by atoms with van der Waals surface area (Å²) in [5, 5.41) is 9.24. The van der Waals surface area contributed by atoms with Crippen molar-refractivity contribution in [3.63, 3.8) is 0 Å². The molecule has 0 atom stereocenters. The molecule has 17 heavy (non-hydrogen) atoms. The van der Waals surface area contributed by atoms with Gasteiger partial charge in [-0.1, -0.05) is 0 Å². The van der Waals surface area contributed by atoms with Gasteiger partial charge in [-0.15, -0.1) is 0 Å². The summed E-state index contributed by atoms with van der Waals surface area (Å²) in [6.07, 6.45) is 3.13. The molecule has 1 aromatic heterocycles. The number of anilines is 1. The van der Waals surface area contributed by atoms with Crippen LogP contribution in [-0.2, 0) is 0 Å². The van der Waals surface area contributed by atoms with Crippen molar-refractivity contribution in [2.24, 2.45) is 11.7 Å². The van der Waals surface area contributed by atoms with Crippen LogP contribution in [0.3, 0.4) is 0 Å². The van der Waals surface area contributed by atoms with Gasteiger partial charge >= 0.3 is 0 Å². The van der Waals surface area contributed by atoms with Crippen molar-refractivity contribution in [1.82, 2.24) is 4.98 Å². The topological polar surface area (TPSA) is 79.4 Å². The minimum Gasteiger partial charge on any atom is -0.393 e. The number of nitrogens with zero attached hydrogens (tertiary/aromatic N) is 2. The van der Waals surface area contributed by atoms with Crippen LogP contribution < -0.4 is 10.6 Å². The normalized spacial score (nSPS) is 22.9. The summed E-state index contributed by atoms with van der Waals surface area (Å²) in [6, 6.07) is 3.38. The molecule has 2 rings (SSSR count). The zero-order chi connectivity index (χ0) is 12.4. The zero-order valence-electron chi connectivity index (χ0n) is 9.84. The first-order chi connectivity index (χ1) is 8.08. The number of amides is 1. The highest BCUT2D eigenvalue weighted by Crippen LogP contribution is 2.29. The number of aliphatic hydroxyl groups is 1. The van der Waals surface area contributed by atoms with E-state index >= 15 is 0 Å². The molecule has 0 unspecified atom stereocenters. The Morgan fingerprint density at radius 2 is 2.35 bits per heavy atom.